The van der Waals surface area contributed by atoms with Crippen LogP contribution in [0.2, 0.25) is 0 Å². The van der Waals surface area contributed by atoms with Crippen LogP contribution in [0, 0.1) is 6.92 Å². The molecule has 0 heterocycles. The minimum absolute atomic E-state index is 0.0248. The number of rotatable bonds is 4. The van der Waals surface area contributed by atoms with Gasteiger partial charge in [-0.15, -0.1) is 11.8 Å². The fourth-order valence-corrected chi connectivity index (χ4v) is 2.95. The van der Waals surface area contributed by atoms with Gasteiger partial charge in [0.1, 0.15) is 0 Å². The lowest BCUT2D eigenvalue weighted by Crippen LogP contribution is -2.14. The van der Waals surface area contributed by atoms with E-state index < -0.39 is 0 Å². The van der Waals surface area contributed by atoms with Crippen molar-refractivity contribution < 1.29 is 4.79 Å². The summed E-state index contributed by atoms with van der Waals surface area (Å²) in [6.45, 7) is 8.69. The van der Waals surface area contributed by atoms with Gasteiger partial charge in [-0.2, -0.15) is 0 Å². The largest absolute Gasteiger partial charge is 0.325 e. The number of anilines is 1. The van der Waals surface area contributed by atoms with Gasteiger partial charge in [-0.05, 0) is 41.7 Å². The first-order valence-electron chi connectivity index (χ1n) is 7.45. The van der Waals surface area contributed by atoms with Crippen LogP contribution in [-0.4, -0.2) is 11.7 Å². The van der Waals surface area contributed by atoms with Crippen molar-refractivity contribution >= 4 is 23.4 Å². The Morgan fingerprint density at radius 2 is 1.77 bits per heavy atom. The van der Waals surface area contributed by atoms with Crippen molar-refractivity contribution in [2.24, 2.45) is 0 Å². The van der Waals surface area contributed by atoms with Gasteiger partial charge in [-0.25, -0.2) is 0 Å². The van der Waals surface area contributed by atoms with Crippen molar-refractivity contribution in [2.45, 2.75) is 38.0 Å². The number of hydrogen-bond donors (Lipinski definition) is 1. The number of para-hydroxylation sites is 1. The molecule has 0 aliphatic heterocycles. The minimum atomic E-state index is 0.0248. The molecule has 0 aliphatic rings. The molecule has 0 bridgehead atoms. The molecule has 2 aromatic rings. The molecule has 0 radical (unpaired) electrons. The maximum absolute atomic E-state index is 12.0. The summed E-state index contributed by atoms with van der Waals surface area (Å²) >= 11 is 1.59. The van der Waals surface area contributed by atoms with Gasteiger partial charge in [0, 0.05) is 10.6 Å². The Bertz CT molecular complexity index is 644. The summed E-state index contributed by atoms with van der Waals surface area (Å²) in [6.07, 6.45) is 0. The fourth-order valence-electron chi connectivity index (χ4n) is 2.08. The third-order valence-corrected chi connectivity index (χ3v) is 4.63. The molecule has 1 amide bonds. The zero-order valence-corrected chi connectivity index (χ0v) is 14.5. The lowest BCUT2D eigenvalue weighted by atomic mass is 9.87. The molecule has 2 aromatic carbocycles. The Labute approximate surface area is 137 Å². The quantitative estimate of drug-likeness (QED) is 0.803. The van der Waals surface area contributed by atoms with E-state index in [1.165, 1.54) is 16.0 Å². The Kier molecular flexibility index (Phi) is 5.30. The van der Waals surface area contributed by atoms with Gasteiger partial charge in [-0.3, -0.25) is 4.79 Å². The predicted octanol–water partition coefficient (Wildman–Crippen LogP) is 5.02. The van der Waals surface area contributed by atoms with Crippen LogP contribution in [0.25, 0.3) is 0 Å². The highest BCUT2D eigenvalue weighted by molar-refractivity contribution is 8.00. The maximum Gasteiger partial charge on any atom is 0.234 e. The van der Waals surface area contributed by atoms with E-state index >= 15 is 0 Å². The number of amides is 1. The van der Waals surface area contributed by atoms with Crippen LogP contribution in [0.15, 0.2) is 53.4 Å². The molecule has 0 atom stereocenters. The minimum Gasteiger partial charge on any atom is -0.325 e. The normalized spacial score (nSPS) is 11.3. The average molecular weight is 313 g/mol. The van der Waals surface area contributed by atoms with Gasteiger partial charge in [0.2, 0.25) is 5.91 Å². The van der Waals surface area contributed by atoms with E-state index in [2.05, 4.69) is 51.2 Å². The molecule has 0 spiro atoms. The lowest BCUT2D eigenvalue weighted by molar-refractivity contribution is -0.113. The third-order valence-electron chi connectivity index (χ3n) is 3.47. The second kappa shape index (κ2) is 7.01. The number of hydrogen-bond acceptors (Lipinski definition) is 2. The molecular weight excluding hydrogens is 290 g/mol. The smallest absolute Gasteiger partial charge is 0.234 e. The van der Waals surface area contributed by atoms with Crippen LogP contribution in [0.1, 0.15) is 31.9 Å². The first-order chi connectivity index (χ1) is 10.4. The Hall–Kier alpha value is -1.74. The molecule has 0 aliphatic carbocycles. The van der Waals surface area contributed by atoms with E-state index in [-0.39, 0.29) is 11.3 Å². The molecule has 0 unspecified atom stereocenters. The first kappa shape index (κ1) is 16.6. The van der Waals surface area contributed by atoms with Gasteiger partial charge >= 0.3 is 0 Å². The van der Waals surface area contributed by atoms with Crippen molar-refractivity contribution in [1.29, 1.82) is 0 Å². The van der Waals surface area contributed by atoms with Crippen molar-refractivity contribution in [3.8, 4) is 0 Å². The van der Waals surface area contributed by atoms with Crippen molar-refractivity contribution in [3.63, 3.8) is 0 Å². The number of carbonyl (C=O) groups excluding carboxylic acids is 1. The van der Waals surface area contributed by atoms with Crippen LogP contribution in [0.3, 0.4) is 0 Å². The van der Waals surface area contributed by atoms with E-state index in [4.69, 9.17) is 0 Å². The Balaban J connectivity index is 2.00. The summed E-state index contributed by atoms with van der Waals surface area (Å²) in [7, 11) is 0. The van der Waals surface area contributed by atoms with E-state index in [1.54, 1.807) is 11.8 Å². The number of nitrogens with one attached hydrogen (secondary N) is 1. The monoisotopic (exact) mass is 313 g/mol. The molecule has 0 fully saturated rings. The summed E-state index contributed by atoms with van der Waals surface area (Å²) in [5, 5.41) is 2.92. The number of thioether (sulfide) groups is 1. The van der Waals surface area contributed by atoms with Crippen molar-refractivity contribution in [3.05, 3.63) is 59.7 Å². The number of carbonyl (C=O) groups is 1. The molecule has 0 saturated carbocycles. The van der Waals surface area contributed by atoms with E-state index in [1.807, 2.05) is 30.3 Å². The fraction of sp³-hybridized carbons (Fsp3) is 0.316. The number of aryl methyl sites for hydroxylation is 1. The molecule has 0 aromatic heterocycles. The second-order valence-corrected chi connectivity index (χ2v) is 7.45. The molecule has 1 N–H and O–H groups in total. The topological polar surface area (TPSA) is 29.1 Å². The first-order valence-corrected chi connectivity index (χ1v) is 8.43. The highest BCUT2D eigenvalue weighted by Crippen LogP contribution is 2.29. The van der Waals surface area contributed by atoms with Gasteiger partial charge in [0.15, 0.2) is 0 Å². The average Bonchev–Trinajstić information content (AvgIpc) is 2.46. The van der Waals surface area contributed by atoms with Gasteiger partial charge in [-0.1, -0.05) is 51.1 Å². The third kappa shape index (κ3) is 4.63. The van der Waals surface area contributed by atoms with Crippen LogP contribution in [0.4, 0.5) is 5.69 Å². The second-order valence-electron chi connectivity index (χ2n) is 6.43. The SMILES string of the molecule is Cc1ccc(C(C)(C)C)cc1SCC(=O)Nc1ccccc1. The summed E-state index contributed by atoms with van der Waals surface area (Å²) in [4.78, 5) is 13.2. The molecule has 3 heteroatoms. The maximum atomic E-state index is 12.0. The Morgan fingerprint density at radius 3 is 2.41 bits per heavy atom. The zero-order chi connectivity index (χ0) is 16.2. The summed E-state index contributed by atoms with van der Waals surface area (Å²) < 4.78 is 0. The Morgan fingerprint density at radius 1 is 1.09 bits per heavy atom. The van der Waals surface area contributed by atoms with E-state index in [0.717, 1.165) is 5.69 Å². The summed E-state index contributed by atoms with van der Waals surface area (Å²) in [5.74, 6) is 0.445. The van der Waals surface area contributed by atoms with Crippen LogP contribution < -0.4 is 5.32 Å². The van der Waals surface area contributed by atoms with Gasteiger partial charge in [0.25, 0.3) is 0 Å². The number of benzene rings is 2. The predicted molar refractivity (Wildman–Crippen MR) is 95.7 cm³/mol. The van der Waals surface area contributed by atoms with Gasteiger partial charge < -0.3 is 5.32 Å². The summed E-state index contributed by atoms with van der Waals surface area (Å²) in [5.41, 5.74) is 3.47. The van der Waals surface area contributed by atoms with Gasteiger partial charge in [0.05, 0.1) is 5.75 Å². The highest BCUT2D eigenvalue weighted by atomic mass is 32.2. The van der Waals surface area contributed by atoms with Crippen molar-refractivity contribution in [1.82, 2.24) is 0 Å². The molecule has 22 heavy (non-hydrogen) atoms. The molecule has 116 valence electrons. The van der Waals surface area contributed by atoms with Crippen LogP contribution in [0.5, 0.6) is 0 Å². The van der Waals surface area contributed by atoms with Crippen molar-refractivity contribution in [2.75, 3.05) is 11.1 Å². The molecule has 2 nitrogen and oxygen atoms in total. The van der Waals surface area contributed by atoms with E-state index in [9.17, 15) is 4.79 Å². The standard InChI is InChI=1S/C19H23NOS/c1-14-10-11-15(19(2,3)4)12-17(14)22-13-18(21)20-16-8-6-5-7-9-16/h5-12H,13H2,1-4H3,(H,20,21). The van der Waals surface area contributed by atoms with Crippen LogP contribution in [-0.2, 0) is 10.2 Å². The highest BCUT2D eigenvalue weighted by Gasteiger charge is 2.15. The molecule has 2 rings (SSSR count). The van der Waals surface area contributed by atoms with E-state index in [0.29, 0.717) is 5.75 Å². The van der Waals surface area contributed by atoms with Crippen LogP contribution >= 0.6 is 11.8 Å². The molecule has 0 saturated heterocycles. The summed E-state index contributed by atoms with van der Waals surface area (Å²) in [6, 6.07) is 16.1. The zero-order valence-electron chi connectivity index (χ0n) is 13.6. The lowest BCUT2D eigenvalue weighted by Gasteiger charge is -2.20. The molecular formula is C19H23NOS.